The molecule has 2 aromatic rings. The van der Waals surface area contributed by atoms with E-state index in [-0.39, 0.29) is 17.9 Å². The Morgan fingerprint density at radius 3 is 2.72 bits per heavy atom. The summed E-state index contributed by atoms with van der Waals surface area (Å²) >= 11 is 0. The summed E-state index contributed by atoms with van der Waals surface area (Å²) in [7, 11) is 0. The number of carbonyl (C=O) groups excluding carboxylic acids is 2. The van der Waals surface area contributed by atoms with Crippen LogP contribution in [0, 0.1) is 6.92 Å². The minimum atomic E-state index is -0.0838. The highest BCUT2D eigenvalue weighted by molar-refractivity contribution is 5.95. The zero-order chi connectivity index (χ0) is 20.4. The van der Waals surface area contributed by atoms with Crippen LogP contribution in [0.25, 0.3) is 0 Å². The van der Waals surface area contributed by atoms with Crippen LogP contribution in [0.1, 0.15) is 61.3 Å². The van der Waals surface area contributed by atoms with Crippen LogP contribution in [0.5, 0.6) is 0 Å². The highest BCUT2D eigenvalue weighted by Crippen LogP contribution is 2.34. The van der Waals surface area contributed by atoms with E-state index in [2.05, 4.69) is 12.1 Å². The molecule has 6 nitrogen and oxygen atoms in total. The largest absolute Gasteiger partial charge is 0.332 e. The molecule has 2 aliphatic rings. The first-order valence-electron chi connectivity index (χ1n) is 10.6. The Bertz CT molecular complexity index is 913. The molecule has 6 heteroatoms. The Hall–Kier alpha value is -2.76. The van der Waals surface area contributed by atoms with Crippen molar-refractivity contribution in [3.63, 3.8) is 0 Å². The van der Waals surface area contributed by atoms with Crippen molar-refractivity contribution in [3.8, 4) is 0 Å². The highest BCUT2D eigenvalue weighted by Gasteiger charge is 2.34. The van der Waals surface area contributed by atoms with Crippen LogP contribution in [0.4, 0.5) is 5.82 Å². The van der Waals surface area contributed by atoms with Crippen LogP contribution >= 0.6 is 0 Å². The van der Waals surface area contributed by atoms with E-state index in [0.29, 0.717) is 31.6 Å². The third-order valence-corrected chi connectivity index (χ3v) is 6.00. The van der Waals surface area contributed by atoms with Gasteiger partial charge in [-0.15, -0.1) is 0 Å². The van der Waals surface area contributed by atoms with Gasteiger partial charge in [-0.25, -0.2) is 9.97 Å². The van der Waals surface area contributed by atoms with E-state index in [1.165, 1.54) is 5.56 Å². The van der Waals surface area contributed by atoms with Crippen molar-refractivity contribution in [2.45, 2.75) is 58.4 Å². The van der Waals surface area contributed by atoms with Crippen LogP contribution in [-0.2, 0) is 22.4 Å². The van der Waals surface area contributed by atoms with Gasteiger partial charge in [0, 0.05) is 37.2 Å². The molecule has 1 fully saturated rings. The number of hydrogen-bond acceptors (Lipinski definition) is 4. The second-order valence-electron chi connectivity index (χ2n) is 7.85. The second kappa shape index (κ2) is 8.31. The number of hydrogen-bond donors (Lipinski definition) is 0. The van der Waals surface area contributed by atoms with Gasteiger partial charge < -0.3 is 4.90 Å². The molecule has 0 spiro atoms. The van der Waals surface area contributed by atoms with Gasteiger partial charge in [0.25, 0.3) is 0 Å². The fourth-order valence-corrected chi connectivity index (χ4v) is 4.41. The van der Waals surface area contributed by atoms with E-state index in [1.54, 1.807) is 0 Å². The Morgan fingerprint density at radius 2 is 1.97 bits per heavy atom. The molecule has 1 unspecified atom stereocenters. The Morgan fingerprint density at radius 1 is 1.17 bits per heavy atom. The molecular weight excluding hydrogens is 364 g/mol. The number of amides is 2. The Kier molecular flexibility index (Phi) is 5.60. The molecule has 2 amide bonds. The van der Waals surface area contributed by atoms with Crippen LogP contribution < -0.4 is 4.90 Å². The van der Waals surface area contributed by atoms with Crippen LogP contribution in [0.2, 0.25) is 0 Å². The number of aromatic nitrogens is 2. The van der Waals surface area contributed by atoms with Crippen LogP contribution in [0.15, 0.2) is 30.3 Å². The van der Waals surface area contributed by atoms with Gasteiger partial charge in [0.1, 0.15) is 5.82 Å². The standard InChI is InChI=1S/C23H28N4O2/c1-3-20(28)26-14-7-10-19(26)22-24-16(2)18-11-12-21(29)27(23(18)25-22)15-13-17-8-5-4-6-9-17/h4-6,8-9,19H,3,7,10-15H2,1-2H3. The van der Waals surface area contributed by atoms with Crippen molar-refractivity contribution in [2.24, 2.45) is 0 Å². The van der Waals surface area contributed by atoms with E-state index in [4.69, 9.17) is 9.97 Å². The van der Waals surface area contributed by atoms with Crippen molar-refractivity contribution >= 4 is 17.6 Å². The molecule has 1 aromatic heterocycles. The lowest BCUT2D eigenvalue weighted by Gasteiger charge is -2.31. The minimum Gasteiger partial charge on any atom is -0.332 e. The maximum absolute atomic E-state index is 12.7. The molecule has 4 rings (SSSR count). The van der Waals surface area contributed by atoms with Gasteiger partial charge in [0.2, 0.25) is 11.8 Å². The summed E-state index contributed by atoms with van der Waals surface area (Å²) in [6.07, 6.45) is 4.30. The average molecular weight is 393 g/mol. The Labute approximate surface area is 172 Å². The first-order valence-corrected chi connectivity index (χ1v) is 10.6. The number of likely N-dealkylation sites (tertiary alicyclic amines) is 1. The maximum atomic E-state index is 12.7. The lowest BCUT2D eigenvalue weighted by atomic mass is 10.0. The normalized spacial score (nSPS) is 18.8. The van der Waals surface area contributed by atoms with Gasteiger partial charge in [-0.1, -0.05) is 37.3 Å². The van der Waals surface area contributed by atoms with Crippen molar-refractivity contribution in [3.05, 3.63) is 53.0 Å². The SMILES string of the molecule is CCC(=O)N1CCCC1c1nc(C)c2c(n1)N(CCc1ccccc1)C(=O)CC2. The lowest BCUT2D eigenvalue weighted by Crippen LogP contribution is -2.39. The number of rotatable bonds is 5. The average Bonchev–Trinajstić information content (AvgIpc) is 3.23. The monoisotopic (exact) mass is 392 g/mol. The molecular formula is C23H28N4O2. The van der Waals surface area contributed by atoms with E-state index in [0.717, 1.165) is 42.9 Å². The van der Waals surface area contributed by atoms with Gasteiger partial charge in [0.15, 0.2) is 5.82 Å². The first kappa shape index (κ1) is 19.6. The van der Waals surface area contributed by atoms with Gasteiger partial charge >= 0.3 is 0 Å². The molecule has 1 saturated heterocycles. The summed E-state index contributed by atoms with van der Waals surface area (Å²) in [5, 5.41) is 0. The lowest BCUT2D eigenvalue weighted by molar-refractivity contribution is -0.132. The summed E-state index contributed by atoms with van der Waals surface area (Å²) in [6.45, 7) is 5.25. The molecule has 29 heavy (non-hydrogen) atoms. The molecule has 152 valence electrons. The number of benzene rings is 1. The number of fused-ring (bicyclic) bond motifs is 1. The van der Waals surface area contributed by atoms with Gasteiger partial charge in [-0.2, -0.15) is 0 Å². The molecule has 0 N–H and O–H groups in total. The predicted octanol–water partition coefficient (Wildman–Crippen LogP) is 3.38. The molecule has 0 bridgehead atoms. The molecule has 1 atom stereocenters. The summed E-state index contributed by atoms with van der Waals surface area (Å²) in [6, 6.07) is 10.1. The topological polar surface area (TPSA) is 66.4 Å². The highest BCUT2D eigenvalue weighted by atomic mass is 16.2. The van der Waals surface area contributed by atoms with Gasteiger partial charge in [-0.3, -0.25) is 14.5 Å². The van der Waals surface area contributed by atoms with Gasteiger partial charge in [-0.05, 0) is 38.2 Å². The summed E-state index contributed by atoms with van der Waals surface area (Å²) in [4.78, 5) is 38.5. The summed E-state index contributed by atoms with van der Waals surface area (Å²) in [5.41, 5.74) is 3.19. The maximum Gasteiger partial charge on any atom is 0.228 e. The Balaban J connectivity index is 1.65. The number of anilines is 1. The van der Waals surface area contributed by atoms with Gasteiger partial charge in [0.05, 0.1) is 6.04 Å². The zero-order valence-corrected chi connectivity index (χ0v) is 17.2. The summed E-state index contributed by atoms with van der Waals surface area (Å²) < 4.78 is 0. The van der Waals surface area contributed by atoms with E-state index >= 15 is 0 Å². The van der Waals surface area contributed by atoms with E-state index in [9.17, 15) is 9.59 Å². The zero-order valence-electron chi connectivity index (χ0n) is 17.2. The smallest absolute Gasteiger partial charge is 0.228 e. The quantitative estimate of drug-likeness (QED) is 0.782. The number of aryl methyl sites for hydroxylation is 1. The summed E-state index contributed by atoms with van der Waals surface area (Å²) in [5.74, 6) is 1.68. The fraction of sp³-hybridized carbons (Fsp3) is 0.478. The fourth-order valence-electron chi connectivity index (χ4n) is 4.41. The van der Waals surface area contributed by atoms with Crippen molar-refractivity contribution in [1.29, 1.82) is 0 Å². The molecule has 3 heterocycles. The molecule has 1 aromatic carbocycles. The van der Waals surface area contributed by atoms with Crippen LogP contribution in [0.3, 0.4) is 0 Å². The molecule has 0 aliphatic carbocycles. The van der Waals surface area contributed by atoms with E-state index < -0.39 is 0 Å². The predicted molar refractivity (Wildman–Crippen MR) is 112 cm³/mol. The second-order valence-corrected chi connectivity index (χ2v) is 7.85. The first-order chi connectivity index (χ1) is 14.1. The third-order valence-electron chi connectivity index (χ3n) is 6.00. The number of nitrogens with zero attached hydrogens (tertiary/aromatic N) is 4. The molecule has 0 radical (unpaired) electrons. The van der Waals surface area contributed by atoms with Crippen LogP contribution in [-0.4, -0.2) is 39.8 Å². The molecule has 2 aliphatic heterocycles. The third kappa shape index (κ3) is 3.88. The van der Waals surface area contributed by atoms with E-state index in [1.807, 2.05) is 41.8 Å². The minimum absolute atomic E-state index is 0.0838. The molecule has 0 saturated carbocycles. The van der Waals surface area contributed by atoms with Crippen molar-refractivity contribution < 1.29 is 9.59 Å². The number of carbonyl (C=O) groups is 2. The van der Waals surface area contributed by atoms with Crippen molar-refractivity contribution in [1.82, 2.24) is 14.9 Å². The van der Waals surface area contributed by atoms with Crippen molar-refractivity contribution in [2.75, 3.05) is 18.0 Å².